The second kappa shape index (κ2) is 5.83. The van der Waals surface area contributed by atoms with Crippen molar-refractivity contribution < 1.29 is 13.7 Å². The summed E-state index contributed by atoms with van der Waals surface area (Å²) < 4.78 is 26.5. The number of anilines is 1. The maximum atomic E-state index is 13.5. The fourth-order valence-corrected chi connectivity index (χ4v) is 1.94. The molecular formula is C13H9ClF2N2O2. The zero-order chi connectivity index (χ0) is 14.7. The zero-order valence-electron chi connectivity index (χ0n) is 10.1. The highest BCUT2D eigenvalue weighted by Gasteiger charge is 2.16. The van der Waals surface area contributed by atoms with Gasteiger partial charge in [-0.3, -0.25) is 10.1 Å². The van der Waals surface area contributed by atoms with Crippen molar-refractivity contribution in [3.05, 3.63) is 68.7 Å². The van der Waals surface area contributed by atoms with Gasteiger partial charge in [0.2, 0.25) is 0 Å². The molecule has 0 aliphatic rings. The Bertz CT molecular complexity index is 665. The standard InChI is InChI=1S/C13H9ClF2N2O2/c14-10-2-1-3-12(18(19)20)13(10)17-7-8-6-9(15)4-5-11(8)16/h1-6,17H,7H2. The Labute approximate surface area is 118 Å². The first-order chi connectivity index (χ1) is 9.49. The molecule has 0 spiro atoms. The van der Waals surface area contributed by atoms with E-state index in [4.69, 9.17) is 11.6 Å². The van der Waals surface area contributed by atoms with Crippen molar-refractivity contribution in [2.24, 2.45) is 0 Å². The monoisotopic (exact) mass is 298 g/mol. The molecule has 0 fully saturated rings. The van der Waals surface area contributed by atoms with E-state index in [9.17, 15) is 18.9 Å². The third-order valence-electron chi connectivity index (χ3n) is 2.65. The van der Waals surface area contributed by atoms with Gasteiger partial charge in [0.25, 0.3) is 5.69 Å². The third-order valence-corrected chi connectivity index (χ3v) is 2.97. The second-order valence-electron chi connectivity index (χ2n) is 3.98. The number of nitrogens with one attached hydrogen (secondary N) is 1. The maximum Gasteiger partial charge on any atom is 0.293 e. The van der Waals surface area contributed by atoms with Crippen LogP contribution in [0.15, 0.2) is 36.4 Å². The molecular weight excluding hydrogens is 290 g/mol. The number of nitrogens with zero attached hydrogens (tertiary/aromatic N) is 1. The van der Waals surface area contributed by atoms with Gasteiger partial charge in [0, 0.05) is 18.2 Å². The van der Waals surface area contributed by atoms with Crippen LogP contribution in [0, 0.1) is 21.7 Å². The molecule has 0 unspecified atom stereocenters. The first-order valence-electron chi connectivity index (χ1n) is 5.59. The van der Waals surface area contributed by atoms with Crippen LogP contribution in [0.4, 0.5) is 20.2 Å². The van der Waals surface area contributed by atoms with Crippen molar-refractivity contribution in [2.75, 3.05) is 5.32 Å². The van der Waals surface area contributed by atoms with Crippen LogP contribution in [0.5, 0.6) is 0 Å². The summed E-state index contributed by atoms with van der Waals surface area (Å²) in [7, 11) is 0. The summed E-state index contributed by atoms with van der Waals surface area (Å²) in [4.78, 5) is 10.3. The van der Waals surface area contributed by atoms with E-state index in [0.29, 0.717) is 0 Å². The van der Waals surface area contributed by atoms with Crippen molar-refractivity contribution in [2.45, 2.75) is 6.54 Å². The number of hydrogen-bond donors (Lipinski definition) is 1. The smallest absolute Gasteiger partial charge is 0.293 e. The number of halogens is 3. The van der Waals surface area contributed by atoms with Crippen LogP contribution in [0.3, 0.4) is 0 Å². The van der Waals surface area contributed by atoms with Gasteiger partial charge >= 0.3 is 0 Å². The van der Waals surface area contributed by atoms with Gasteiger partial charge in [0.15, 0.2) is 0 Å². The maximum absolute atomic E-state index is 13.5. The van der Waals surface area contributed by atoms with Gasteiger partial charge in [-0.05, 0) is 24.3 Å². The molecule has 2 rings (SSSR count). The Kier molecular flexibility index (Phi) is 4.14. The average molecular weight is 299 g/mol. The van der Waals surface area contributed by atoms with E-state index < -0.39 is 16.6 Å². The molecule has 0 atom stereocenters. The lowest BCUT2D eigenvalue weighted by atomic mass is 10.2. The Hall–Kier alpha value is -2.21. The summed E-state index contributed by atoms with van der Waals surface area (Å²) in [6.45, 7) is -0.117. The molecule has 0 aliphatic carbocycles. The van der Waals surface area contributed by atoms with Crippen LogP contribution in [-0.4, -0.2) is 4.92 Å². The van der Waals surface area contributed by atoms with Gasteiger partial charge in [-0.15, -0.1) is 0 Å². The molecule has 0 saturated carbocycles. The lowest BCUT2D eigenvalue weighted by Crippen LogP contribution is -2.05. The van der Waals surface area contributed by atoms with Crippen molar-refractivity contribution in [1.29, 1.82) is 0 Å². The number of para-hydroxylation sites is 1. The highest BCUT2D eigenvalue weighted by molar-refractivity contribution is 6.33. The molecule has 2 aromatic rings. The summed E-state index contributed by atoms with van der Waals surface area (Å²) in [6, 6.07) is 7.19. The van der Waals surface area contributed by atoms with E-state index in [0.717, 1.165) is 18.2 Å². The quantitative estimate of drug-likeness (QED) is 0.682. The number of nitro groups is 1. The van der Waals surface area contributed by atoms with Crippen molar-refractivity contribution in [3.8, 4) is 0 Å². The van der Waals surface area contributed by atoms with Gasteiger partial charge in [-0.1, -0.05) is 17.7 Å². The fraction of sp³-hybridized carbons (Fsp3) is 0.0769. The molecule has 0 amide bonds. The second-order valence-corrected chi connectivity index (χ2v) is 4.39. The van der Waals surface area contributed by atoms with Gasteiger partial charge in [-0.25, -0.2) is 8.78 Å². The summed E-state index contributed by atoms with van der Waals surface area (Å²) >= 11 is 5.88. The Balaban J connectivity index is 2.27. The predicted octanol–water partition coefficient (Wildman–Crippen LogP) is 4.14. The molecule has 0 saturated heterocycles. The largest absolute Gasteiger partial charge is 0.374 e. The zero-order valence-corrected chi connectivity index (χ0v) is 10.8. The number of rotatable bonds is 4. The number of nitro benzene ring substituents is 1. The minimum absolute atomic E-state index is 0.0548. The van der Waals surface area contributed by atoms with Crippen LogP contribution in [0.25, 0.3) is 0 Å². The highest BCUT2D eigenvalue weighted by Crippen LogP contribution is 2.32. The minimum atomic E-state index is -0.603. The Morgan fingerprint density at radius 3 is 2.70 bits per heavy atom. The predicted molar refractivity (Wildman–Crippen MR) is 71.8 cm³/mol. The van der Waals surface area contributed by atoms with Gasteiger partial charge in [-0.2, -0.15) is 0 Å². The molecule has 7 heteroatoms. The van der Waals surface area contributed by atoms with Crippen molar-refractivity contribution in [3.63, 3.8) is 0 Å². The molecule has 104 valence electrons. The van der Waals surface area contributed by atoms with Gasteiger partial charge in [0.1, 0.15) is 17.3 Å². The fourth-order valence-electron chi connectivity index (χ4n) is 1.70. The van der Waals surface area contributed by atoms with Crippen molar-refractivity contribution in [1.82, 2.24) is 0 Å². The van der Waals surface area contributed by atoms with Crippen LogP contribution >= 0.6 is 11.6 Å². The third kappa shape index (κ3) is 3.03. The number of benzene rings is 2. The summed E-state index contributed by atoms with van der Waals surface area (Å²) in [5.41, 5.74) is -0.101. The van der Waals surface area contributed by atoms with E-state index >= 15 is 0 Å². The van der Waals surface area contributed by atoms with Gasteiger partial charge in [0.05, 0.1) is 9.95 Å². The topological polar surface area (TPSA) is 55.2 Å². The molecule has 0 heterocycles. The molecule has 0 aromatic heterocycles. The molecule has 0 radical (unpaired) electrons. The summed E-state index contributed by atoms with van der Waals surface area (Å²) in [5, 5.41) is 13.7. The lowest BCUT2D eigenvalue weighted by Gasteiger charge is -2.09. The average Bonchev–Trinajstić information content (AvgIpc) is 2.40. The van der Waals surface area contributed by atoms with E-state index in [-0.39, 0.29) is 28.5 Å². The van der Waals surface area contributed by atoms with Crippen LogP contribution in [0.1, 0.15) is 5.56 Å². The van der Waals surface area contributed by atoms with E-state index in [2.05, 4.69) is 5.32 Å². The van der Waals surface area contributed by atoms with E-state index in [1.54, 1.807) is 0 Å². The molecule has 4 nitrogen and oxygen atoms in total. The number of hydrogen-bond acceptors (Lipinski definition) is 3. The lowest BCUT2D eigenvalue weighted by molar-refractivity contribution is -0.383. The summed E-state index contributed by atoms with van der Waals surface area (Å²) in [5.74, 6) is -1.19. The van der Waals surface area contributed by atoms with Crippen molar-refractivity contribution >= 4 is 23.0 Å². The molecule has 2 aromatic carbocycles. The Morgan fingerprint density at radius 2 is 2.00 bits per heavy atom. The molecule has 0 bridgehead atoms. The minimum Gasteiger partial charge on any atom is -0.374 e. The molecule has 1 N–H and O–H groups in total. The highest BCUT2D eigenvalue weighted by atomic mass is 35.5. The Morgan fingerprint density at radius 1 is 1.25 bits per heavy atom. The van der Waals surface area contributed by atoms with Crippen LogP contribution in [-0.2, 0) is 6.54 Å². The first-order valence-corrected chi connectivity index (χ1v) is 5.97. The van der Waals surface area contributed by atoms with E-state index in [1.807, 2.05) is 0 Å². The van der Waals surface area contributed by atoms with Crippen LogP contribution in [0.2, 0.25) is 5.02 Å². The molecule has 20 heavy (non-hydrogen) atoms. The van der Waals surface area contributed by atoms with Gasteiger partial charge < -0.3 is 5.32 Å². The normalized spacial score (nSPS) is 10.3. The summed E-state index contributed by atoms with van der Waals surface area (Å²) in [6.07, 6.45) is 0. The van der Waals surface area contributed by atoms with Crippen LogP contribution < -0.4 is 5.32 Å². The van der Waals surface area contributed by atoms with E-state index in [1.165, 1.54) is 18.2 Å². The SMILES string of the molecule is O=[N+]([O-])c1cccc(Cl)c1NCc1cc(F)ccc1F. The first kappa shape index (κ1) is 14.2. The molecule has 0 aliphatic heterocycles.